The van der Waals surface area contributed by atoms with Gasteiger partial charge < -0.3 is 24.8 Å². The van der Waals surface area contributed by atoms with Crippen molar-refractivity contribution in [2.75, 3.05) is 32.0 Å². The molecule has 0 saturated heterocycles. The van der Waals surface area contributed by atoms with Gasteiger partial charge in [0.2, 0.25) is 5.91 Å². The van der Waals surface area contributed by atoms with Gasteiger partial charge in [-0.3, -0.25) is 9.59 Å². The summed E-state index contributed by atoms with van der Waals surface area (Å²) in [5, 5.41) is 6.13. The summed E-state index contributed by atoms with van der Waals surface area (Å²) in [6.07, 6.45) is 3.25. The van der Waals surface area contributed by atoms with Crippen LogP contribution in [0.1, 0.15) is 71.7 Å². The van der Waals surface area contributed by atoms with Crippen LogP contribution in [0.4, 0.5) is 10.7 Å². The second-order valence-corrected chi connectivity index (χ2v) is 13.9. The van der Waals surface area contributed by atoms with E-state index in [0.717, 1.165) is 34.6 Å². The van der Waals surface area contributed by atoms with Crippen LogP contribution in [0.3, 0.4) is 0 Å². The van der Waals surface area contributed by atoms with Gasteiger partial charge in [-0.25, -0.2) is 4.79 Å². The number of esters is 1. The maximum atomic E-state index is 13.5. The van der Waals surface area contributed by atoms with Gasteiger partial charge in [0, 0.05) is 21.0 Å². The summed E-state index contributed by atoms with van der Waals surface area (Å²) in [5.41, 5.74) is 2.69. The Morgan fingerprint density at radius 1 is 1.02 bits per heavy atom. The SMILES string of the molecule is CCC(Sc1cccc(NC(=O)c2ccc(OC)c(OC)c2)c1)C(=O)Nc1sc2c(c1C(=O)OC)CCC(C(C)(C)C)C2. The Labute approximate surface area is 261 Å². The van der Waals surface area contributed by atoms with Crippen LogP contribution in [0.2, 0.25) is 0 Å². The number of carbonyl (C=O) groups excluding carboxylic acids is 3. The van der Waals surface area contributed by atoms with Crippen molar-refractivity contribution < 1.29 is 28.6 Å². The minimum Gasteiger partial charge on any atom is -0.493 e. The van der Waals surface area contributed by atoms with Gasteiger partial charge in [-0.05, 0) is 79.0 Å². The molecule has 0 saturated carbocycles. The lowest BCUT2D eigenvalue weighted by Crippen LogP contribution is -2.27. The second-order valence-electron chi connectivity index (χ2n) is 11.6. The monoisotopic (exact) mass is 624 g/mol. The highest BCUT2D eigenvalue weighted by Gasteiger charge is 2.35. The number of hydrogen-bond acceptors (Lipinski definition) is 8. The first-order valence-electron chi connectivity index (χ1n) is 14.3. The zero-order chi connectivity index (χ0) is 31.3. The van der Waals surface area contributed by atoms with Gasteiger partial charge in [0.1, 0.15) is 5.00 Å². The number of anilines is 2. The number of rotatable bonds is 10. The fraction of sp³-hybridized carbons (Fsp3) is 0.424. The fourth-order valence-electron chi connectivity index (χ4n) is 5.24. The molecule has 0 bridgehead atoms. The molecule has 2 aromatic carbocycles. The van der Waals surface area contributed by atoms with E-state index < -0.39 is 11.2 Å². The molecule has 43 heavy (non-hydrogen) atoms. The van der Waals surface area contributed by atoms with Crippen LogP contribution in [-0.2, 0) is 22.4 Å². The molecule has 1 aliphatic rings. The topological polar surface area (TPSA) is 103 Å². The summed E-state index contributed by atoms with van der Waals surface area (Å²) in [6.45, 7) is 8.70. The van der Waals surface area contributed by atoms with Crippen LogP contribution in [0.15, 0.2) is 47.4 Å². The average molecular weight is 625 g/mol. The van der Waals surface area contributed by atoms with E-state index in [4.69, 9.17) is 14.2 Å². The predicted octanol–water partition coefficient (Wildman–Crippen LogP) is 7.46. The van der Waals surface area contributed by atoms with Crippen LogP contribution >= 0.6 is 23.1 Å². The highest BCUT2D eigenvalue weighted by molar-refractivity contribution is 8.00. The first-order chi connectivity index (χ1) is 20.5. The summed E-state index contributed by atoms with van der Waals surface area (Å²) in [7, 11) is 4.44. The van der Waals surface area contributed by atoms with Crippen molar-refractivity contribution >= 4 is 51.6 Å². The lowest BCUT2D eigenvalue weighted by molar-refractivity contribution is -0.115. The number of amides is 2. The number of carbonyl (C=O) groups is 3. The third kappa shape index (κ3) is 7.54. The number of nitrogens with one attached hydrogen (secondary N) is 2. The molecule has 1 heterocycles. The highest BCUT2D eigenvalue weighted by Crippen LogP contribution is 2.45. The number of thiophene rings is 1. The van der Waals surface area contributed by atoms with Gasteiger partial charge in [0.15, 0.2) is 11.5 Å². The van der Waals surface area contributed by atoms with Crippen molar-refractivity contribution in [3.63, 3.8) is 0 Å². The Bertz CT molecular complexity index is 1490. The maximum Gasteiger partial charge on any atom is 0.341 e. The van der Waals surface area contributed by atoms with Crippen molar-refractivity contribution in [2.45, 2.75) is 63.5 Å². The van der Waals surface area contributed by atoms with Gasteiger partial charge in [-0.2, -0.15) is 0 Å². The normalized spacial score (nSPS) is 15.2. The molecule has 0 spiro atoms. The highest BCUT2D eigenvalue weighted by atomic mass is 32.2. The third-order valence-electron chi connectivity index (χ3n) is 7.80. The molecule has 0 radical (unpaired) electrons. The first kappa shape index (κ1) is 32.4. The summed E-state index contributed by atoms with van der Waals surface area (Å²) in [6, 6.07) is 12.4. The lowest BCUT2D eigenvalue weighted by atomic mass is 9.72. The predicted molar refractivity (Wildman–Crippen MR) is 173 cm³/mol. The van der Waals surface area contributed by atoms with Crippen molar-refractivity contribution in [3.05, 3.63) is 64.0 Å². The molecule has 0 aliphatic heterocycles. The van der Waals surface area contributed by atoms with Crippen LogP contribution in [0.25, 0.3) is 0 Å². The Morgan fingerprint density at radius 2 is 1.77 bits per heavy atom. The molecule has 1 aromatic heterocycles. The van der Waals surface area contributed by atoms with E-state index >= 15 is 0 Å². The van der Waals surface area contributed by atoms with Crippen molar-refractivity contribution in [3.8, 4) is 11.5 Å². The van der Waals surface area contributed by atoms with E-state index in [-0.39, 0.29) is 17.2 Å². The quantitative estimate of drug-likeness (QED) is 0.178. The van der Waals surface area contributed by atoms with Crippen LogP contribution in [0, 0.1) is 11.3 Å². The van der Waals surface area contributed by atoms with Crippen LogP contribution in [0.5, 0.6) is 11.5 Å². The number of benzene rings is 2. The molecule has 8 nitrogen and oxygen atoms in total. The van der Waals surface area contributed by atoms with Gasteiger partial charge in [-0.1, -0.05) is 33.8 Å². The molecule has 2 atom stereocenters. The van der Waals surface area contributed by atoms with Crippen molar-refractivity contribution in [1.82, 2.24) is 0 Å². The molecule has 2 amide bonds. The van der Waals surface area contributed by atoms with E-state index in [9.17, 15) is 14.4 Å². The zero-order valence-corrected chi connectivity index (χ0v) is 27.4. The summed E-state index contributed by atoms with van der Waals surface area (Å²) < 4.78 is 15.7. The van der Waals surface area contributed by atoms with E-state index in [1.165, 1.54) is 37.3 Å². The Balaban J connectivity index is 1.48. The van der Waals surface area contributed by atoms with Gasteiger partial charge in [0.05, 0.1) is 32.1 Å². The largest absolute Gasteiger partial charge is 0.493 e. The smallest absolute Gasteiger partial charge is 0.341 e. The van der Waals surface area contributed by atoms with Crippen LogP contribution in [-0.4, -0.2) is 44.4 Å². The van der Waals surface area contributed by atoms with Gasteiger partial charge in [0.25, 0.3) is 5.91 Å². The Kier molecular flexibility index (Phi) is 10.4. The number of thioether (sulfide) groups is 1. The summed E-state index contributed by atoms with van der Waals surface area (Å²) >= 11 is 2.91. The van der Waals surface area contributed by atoms with E-state index in [1.54, 1.807) is 31.4 Å². The van der Waals surface area contributed by atoms with Gasteiger partial charge in [-0.15, -0.1) is 23.1 Å². The fourth-order valence-corrected chi connectivity index (χ4v) is 7.57. The minimum absolute atomic E-state index is 0.163. The maximum absolute atomic E-state index is 13.5. The molecule has 2 N–H and O–H groups in total. The molecule has 4 rings (SSSR count). The van der Waals surface area contributed by atoms with Gasteiger partial charge >= 0.3 is 5.97 Å². The van der Waals surface area contributed by atoms with Crippen molar-refractivity contribution in [1.29, 1.82) is 0 Å². The van der Waals surface area contributed by atoms with E-state index in [0.29, 0.717) is 45.7 Å². The Morgan fingerprint density at radius 3 is 2.42 bits per heavy atom. The molecule has 230 valence electrons. The number of fused-ring (bicyclic) bond motifs is 1. The molecule has 10 heteroatoms. The second kappa shape index (κ2) is 13.9. The molecule has 0 fully saturated rings. The lowest BCUT2D eigenvalue weighted by Gasteiger charge is -2.33. The number of methoxy groups -OCH3 is 3. The summed E-state index contributed by atoms with van der Waals surface area (Å²) in [4.78, 5) is 41.3. The molecular weight excluding hydrogens is 585 g/mol. The average Bonchev–Trinajstić information content (AvgIpc) is 3.35. The summed E-state index contributed by atoms with van der Waals surface area (Å²) in [5.74, 6) is 0.623. The van der Waals surface area contributed by atoms with Crippen LogP contribution < -0.4 is 20.1 Å². The number of ether oxygens (including phenoxy) is 3. The molecule has 2 unspecified atom stereocenters. The molecular formula is C33H40N2O6S2. The standard InChI is InChI=1S/C33H40N2O6S2/c1-8-26(30(37)35-31-28(32(38)41-7)23-14-13-20(33(2,3)4)17-27(23)43-31)42-22-11-9-10-21(18-22)34-29(36)19-12-15-24(39-5)25(16-19)40-6/h9-12,15-16,18,20,26H,8,13-14,17H2,1-7H3,(H,34,36)(H,35,37). The molecule has 1 aliphatic carbocycles. The first-order valence-corrected chi connectivity index (χ1v) is 16.0. The zero-order valence-electron chi connectivity index (χ0n) is 25.8. The van der Waals surface area contributed by atoms with Crippen molar-refractivity contribution in [2.24, 2.45) is 11.3 Å². The third-order valence-corrected chi connectivity index (χ3v) is 10.3. The van der Waals surface area contributed by atoms with E-state index in [2.05, 4.69) is 31.4 Å². The molecule has 3 aromatic rings. The number of hydrogen-bond donors (Lipinski definition) is 2. The van der Waals surface area contributed by atoms with E-state index in [1.807, 2.05) is 25.1 Å². The Hall–Kier alpha value is -3.50. The minimum atomic E-state index is -0.416.